The molecule has 0 unspecified atom stereocenters. The van der Waals surface area contributed by atoms with Gasteiger partial charge >= 0.3 is 11.8 Å². The highest BCUT2D eigenvalue weighted by Crippen LogP contribution is 2.27. The summed E-state index contributed by atoms with van der Waals surface area (Å²) in [5.41, 5.74) is 2.49. The van der Waals surface area contributed by atoms with E-state index in [9.17, 15) is 14.4 Å². The van der Waals surface area contributed by atoms with Crippen LogP contribution in [0.1, 0.15) is 44.7 Å². The van der Waals surface area contributed by atoms with Crippen molar-refractivity contribution in [1.82, 2.24) is 29.6 Å². The number of carbonyl (C=O) groups excluding carboxylic acids is 2. The summed E-state index contributed by atoms with van der Waals surface area (Å²) in [4.78, 5) is 49.2. The van der Waals surface area contributed by atoms with Crippen molar-refractivity contribution in [2.75, 3.05) is 52.4 Å². The van der Waals surface area contributed by atoms with E-state index in [1.165, 1.54) is 0 Å². The number of benzene rings is 2. The molecule has 0 aliphatic carbocycles. The molecule has 1 atom stereocenters. The van der Waals surface area contributed by atoms with Crippen molar-refractivity contribution in [3.8, 4) is 11.3 Å². The fourth-order valence-electron chi connectivity index (χ4n) is 6.73. The van der Waals surface area contributed by atoms with Gasteiger partial charge in [0.25, 0.3) is 5.91 Å². The lowest BCUT2D eigenvalue weighted by molar-refractivity contribution is -0.142. The van der Waals surface area contributed by atoms with Crippen LogP contribution in [0.2, 0.25) is 0 Å². The Morgan fingerprint density at radius 1 is 0.848 bits per heavy atom. The van der Waals surface area contributed by atoms with Crippen LogP contribution < -0.4 is 11.0 Å². The fraction of sp³-hybridized carbons (Fsp3) is 0.500. The number of nitrogens with zero attached hydrogens (tertiary/aromatic N) is 4. The van der Waals surface area contributed by atoms with Crippen molar-refractivity contribution < 1.29 is 14.3 Å². The van der Waals surface area contributed by atoms with E-state index in [-0.39, 0.29) is 25.1 Å². The molecule has 248 valence electrons. The number of nitrogens with one attached hydrogen (secondary N) is 2. The minimum absolute atomic E-state index is 0. The monoisotopic (exact) mass is 758 g/mol. The van der Waals surface area contributed by atoms with Crippen LogP contribution in [0.4, 0.5) is 4.79 Å². The fourth-order valence-corrected chi connectivity index (χ4v) is 7.40. The van der Waals surface area contributed by atoms with E-state index in [1.54, 1.807) is 9.47 Å². The van der Waals surface area contributed by atoms with Crippen molar-refractivity contribution in [2.24, 2.45) is 0 Å². The molecule has 1 aromatic heterocycles. The number of carbonyl (C=O) groups is 2. The molecular weight excluding hydrogens is 716 g/mol. The van der Waals surface area contributed by atoms with E-state index in [1.807, 2.05) is 59.6 Å². The van der Waals surface area contributed by atoms with E-state index in [0.717, 1.165) is 64.8 Å². The SMILES string of the molecule is C.O=C(O[C@H](Cc1ccc(Br)c(Br)c1)C(=O)N1CCC(N2CCNCC2)CC1)N1CCC(n2cc(-c3ccccc3)[nH]c2=O)CC1. The number of piperidine rings is 2. The highest BCUT2D eigenvalue weighted by molar-refractivity contribution is 9.13. The summed E-state index contributed by atoms with van der Waals surface area (Å²) >= 11 is 7.07. The number of likely N-dealkylation sites (tertiary alicyclic amines) is 2. The second kappa shape index (κ2) is 15.8. The van der Waals surface area contributed by atoms with Gasteiger partial charge in [-0.3, -0.25) is 14.3 Å². The zero-order valence-electron chi connectivity index (χ0n) is 25.3. The third kappa shape index (κ3) is 8.13. The molecule has 3 aromatic rings. The molecular formula is C34H44Br2N6O4. The second-order valence-electron chi connectivity index (χ2n) is 12.1. The number of amides is 2. The molecule has 3 aliphatic heterocycles. The van der Waals surface area contributed by atoms with Gasteiger partial charge in [0.15, 0.2) is 6.10 Å². The molecule has 3 aliphatic rings. The van der Waals surface area contributed by atoms with Crippen LogP contribution in [0, 0.1) is 0 Å². The number of hydrogen-bond donors (Lipinski definition) is 2. The Bertz CT molecular complexity index is 1520. The highest BCUT2D eigenvalue weighted by Gasteiger charge is 2.35. The van der Waals surface area contributed by atoms with Crippen LogP contribution in [0.3, 0.4) is 0 Å². The smallest absolute Gasteiger partial charge is 0.410 e. The Hall–Kier alpha value is -2.93. The van der Waals surface area contributed by atoms with Crippen LogP contribution in [0.25, 0.3) is 11.3 Å². The van der Waals surface area contributed by atoms with Gasteiger partial charge in [-0.25, -0.2) is 9.59 Å². The molecule has 3 saturated heterocycles. The standard InChI is InChI=1S/C33H40Br2N6O4.CH4/c34-27-7-6-23(20-28(27)35)21-30(31(42)39-14-8-25(9-15-39)38-18-12-36-13-19-38)45-33(44)40-16-10-26(11-17-40)41-22-29(37-32(41)43)24-4-2-1-3-5-24;/h1-7,20,22,25-26,30,36H,8-19,21H2,(H,37,43);1H4/t30-;/m1./s1. The van der Waals surface area contributed by atoms with Crippen LogP contribution >= 0.6 is 31.9 Å². The Labute approximate surface area is 287 Å². The number of imidazole rings is 1. The maximum atomic E-state index is 13.9. The van der Waals surface area contributed by atoms with Crippen LogP contribution in [-0.2, 0) is 16.0 Å². The molecule has 6 rings (SSSR count). The number of aromatic amines is 1. The zero-order chi connectivity index (χ0) is 31.3. The average Bonchev–Trinajstić information content (AvgIpc) is 3.48. The molecule has 0 radical (unpaired) electrons. The number of piperazine rings is 1. The van der Waals surface area contributed by atoms with Gasteiger partial charge in [-0.15, -0.1) is 0 Å². The van der Waals surface area contributed by atoms with Crippen molar-refractivity contribution in [2.45, 2.75) is 57.7 Å². The largest absolute Gasteiger partial charge is 0.436 e. The lowest BCUT2D eigenvalue weighted by Gasteiger charge is -2.41. The molecule has 2 amide bonds. The van der Waals surface area contributed by atoms with E-state index >= 15 is 0 Å². The lowest BCUT2D eigenvalue weighted by atomic mass is 10.0. The Kier molecular flexibility index (Phi) is 11.8. The molecule has 3 fully saturated rings. The number of halogens is 2. The van der Waals surface area contributed by atoms with Crippen LogP contribution in [0.5, 0.6) is 0 Å². The molecule has 0 spiro atoms. The number of rotatable bonds is 7. The highest BCUT2D eigenvalue weighted by atomic mass is 79.9. The minimum atomic E-state index is -0.917. The third-order valence-electron chi connectivity index (χ3n) is 9.31. The minimum Gasteiger partial charge on any atom is -0.436 e. The maximum Gasteiger partial charge on any atom is 0.410 e. The summed E-state index contributed by atoms with van der Waals surface area (Å²) in [5, 5.41) is 3.41. The summed E-state index contributed by atoms with van der Waals surface area (Å²) < 4.78 is 9.57. The number of aromatic nitrogens is 2. The first-order valence-electron chi connectivity index (χ1n) is 15.9. The Morgan fingerprint density at radius 3 is 2.17 bits per heavy atom. The lowest BCUT2D eigenvalue weighted by Crippen LogP contribution is -2.54. The second-order valence-corrected chi connectivity index (χ2v) is 13.8. The van der Waals surface area contributed by atoms with Gasteiger partial charge in [-0.05, 0) is 80.8 Å². The summed E-state index contributed by atoms with van der Waals surface area (Å²) in [5.74, 6) is -0.136. The topological polar surface area (TPSA) is 103 Å². The molecule has 0 bridgehead atoms. The Morgan fingerprint density at radius 2 is 1.50 bits per heavy atom. The van der Waals surface area contributed by atoms with Gasteiger partial charge in [0.1, 0.15) is 0 Å². The predicted molar refractivity (Wildman–Crippen MR) is 187 cm³/mol. The first-order chi connectivity index (χ1) is 21.9. The van der Waals surface area contributed by atoms with Gasteiger partial charge in [0.2, 0.25) is 0 Å². The van der Waals surface area contributed by atoms with Crippen molar-refractivity contribution in [1.29, 1.82) is 0 Å². The number of hydrogen-bond acceptors (Lipinski definition) is 6. The molecule has 4 heterocycles. The summed E-state index contributed by atoms with van der Waals surface area (Å²) in [6.45, 7) is 6.31. The predicted octanol–water partition coefficient (Wildman–Crippen LogP) is 5.29. The average molecular weight is 761 g/mol. The van der Waals surface area contributed by atoms with Gasteiger partial charge in [-0.2, -0.15) is 0 Å². The van der Waals surface area contributed by atoms with Gasteiger partial charge in [0, 0.05) is 86.0 Å². The van der Waals surface area contributed by atoms with E-state index in [0.29, 0.717) is 51.5 Å². The quantitative estimate of drug-likeness (QED) is 0.340. The van der Waals surface area contributed by atoms with Gasteiger partial charge in [-0.1, -0.05) is 43.8 Å². The first kappa shape index (κ1) is 34.4. The van der Waals surface area contributed by atoms with E-state index in [4.69, 9.17) is 4.74 Å². The van der Waals surface area contributed by atoms with Crippen LogP contribution in [0.15, 0.2) is 68.5 Å². The molecule has 46 heavy (non-hydrogen) atoms. The Balaban J connectivity index is 0.00000417. The third-order valence-corrected chi connectivity index (χ3v) is 11.2. The summed E-state index contributed by atoms with van der Waals surface area (Å²) in [6, 6.07) is 16.1. The van der Waals surface area contributed by atoms with Gasteiger partial charge in [0.05, 0.1) is 5.69 Å². The molecule has 2 N–H and O–H groups in total. The molecule has 2 aromatic carbocycles. The van der Waals surface area contributed by atoms with E-state index in [2.05, 4.69) is 47.1 Å². The normalized spacial score (nSPS) is 19.0. The van der Waals surface area contributed by atoms with Crippen LogP contribution in [-0.4, -0.2) is 101 Å². The molecule has 12 heteroatoms. The molecule has 0 saturated carbocycles. The summed E-state index contributed by atoms with van der Waals surface area (Å²) in [7, 11) is 0. The number of ether oxygens (including phenoxy) is 1. The van der Waals surface area contributed by atoms with Crippen molar-refractivity contribution in [3.63, 3.8) is 0 Å². The summed E-state index contributed by atoms with van der Waals surface area (Å²) in [6.07, 6.45) is 3.86. The maximum absolute atomic E-state index is 13.9. The van der Waals surface area contributed by atoms with Crippen molar-refractivity contribution >= 4 is 43.9 Å². The van der Waals surface area contributed by atoms with Gasteiger partial charge < -0.3 is 24.8 Å². The zero-order valence-corrected chi connectivity index (χ0v) is 28.5. The van der Waals surface area contributed by atoms with Crippen molar-refractivity contribution in [3.05, 3.63) is 79.7 Å². The first-order valence-corrected chi connectivity index (χ1v) is 17.4. The molecule has 10 nitrogen and oxygen atoms in total. The number of H-pyrrole nitrogens is 1. The van der Waals surface area contributed by atoms with E-state index < -0.39 is 12.2 Å².